The second kappa shape index (κ2) is 8.33. The van der Waals surface area contributed by atoms with Crippen molar-refractivity contribution in [3.05, 3.63) is 82.9 Å². The molecule has 1 amide bonds. The molecule has 0 radical (unpaired) electrons. The van der Waals surface area contributed by atoms with Gasteiger partial charge in [-0.1, -0.05) is 30.3 Å². The maximum Gasteiger partial charge on any atom is 0.352 e. The van der Waals surface area contributed by atoms with Gasteiger partial charge >= 0.3 is 5.97 Å². The number of carbonyl (C=O) groups is 2. The van der Waals surface area contributed by atoms with E-state index in [1.54, 1.807) is 37.4 Å². The van der Waals surface area contributed by atoms with Crippen molar-refractivity contribution in [2.24, 2.45) is 0 Å². The van der Waals surface area contributed by atoms with Crippen LogP contribution in [0, 0.1) is 0 Å². The van der Waals surface area contributed by atoms with Gasteiger partial charge in [-0.2, -0.15) is 0 Å². The number of benzene rings is 2. The molecule has 0 unspecified atom stereocenters. The van der Waals surface area contributed by atoms with Gasteiger partial charge in [0.2, 0.25) is 0 Å². The van der Waals surface area contributed by atoms with Crippen molar-refractivity contribution in [3.8, 4) is 16.2 Å². The second-order valence-corrected chi connectivity index (χ2v) is 6.70. The van der Waals surface area contributed by atoms with E-state index in [-0.39, 0.29) is 5.70 Å². The fraction of sp³-hybridized carbons (Fsp3) is 0.0476. The smallest absolute Gasteiger partial charge is 0.352 e. The molecule has 3 rings (SSSR count). The average molecular weight is 379 g/mol. The summed E-state index contributed by atoms with van der Waals surface area (Å²) in [4.78, 5) is 25.4. The lowest BCUT2D eigenvalue weighted by molar-refractivity contribution is -0.132. The highest BCUT2D eigenvalue weighted by atomic mass is 32.1. The normalized spacial score (nSPS) is 11.1. The molecule has 1 heterocycles. The Morgan fingerprint density at radius 1 is 1.00 bits per heavy atom. The van der Waals surface area contributed by atoms with Gasteiger partial charge in [0.15, 0.2) is 0 Å². The van der Waals surface area contributed by atoms with Gasteiger partial charge in [-0.05, 0) is 42.5 Å². The number of rotatable bonds is 6. The van der Waals surface area contributed by atoms with Crippen LogP contribution in [0.5, 0.6) is 5.75 Å². The highest BCUT2D eigenvalue weighted by molar-refractivity contribution is 7.16. The second-order valence-electron chi connectivity index (χ2n) is 5.59. The molecule has 3 aromatic rings. The first-order chi connectivity index (χ1) is 13.1. The predicted octanol–water partition coefficient (Wildman–Crippen LogP) is 4.28. The fourth-order valence-electron chi connectivity index (χ4n) is 2.50. The first-order valence-electron chi connectivity index (χ1n) is 8.13. The summed E-state index contributed by atoms with van der Waals surface area (Å²) in [6.45, 7) is 0. The van der Waals surface area contributed by atoms with Crippen molar-refractivity contribution in [2.75, 3.05) is 7.11 Å². The van der Waals surface area contributed by atoms with Gasteiger partial charge in [0.1, 0.15) is 11.4 Å². The zero-order valence-corrected chi connectivity index (χ0v) is 15.3. The Labute approximate surface area is 160 Å². The molecule has 27 heavy (non-hydrogen) atoms. The lowest BCUT2D eigenvalue weighted by Crippen LogP contribution is -2.27. The van der Waals surface area contributed by atoms with Gasteiger partial charge in [0.25, 0.3) is 5.91 Å². The number of carboxylic acids is 1. The standard InChI is InChI=1S/C21H17NO4S/c1-26-18-10-6-5-9-16(18)19-12-11-15(27-19)13-17(21(24)25)22-20(23)14-7-3-2-4-8-14/h2-13H,1H3,(H,22,23)(H,24,25)/b17-13-. The third-order valence-corrected chi connectivity index (χ3v) is 4.87. The number of thiophene rings is 1. The summed E-state index contributed by atoms with van der Waals surface area (Å²) in [5.41, 5.74) is 1.14. The molecule has 5 nitrogen and oxygen atoms in total. The molecule has 1 aromatic heterocycles. The summed E-state index contributed by atoms with van der Waals surface area (Å²) in [5, 5.41) is 11.9. The predicted molar refractivity (Wildman–Crippen MR) is 106 cm³/mol. The summed E-state index contributed by atoms with van der Waals surface area (Å²) in [6.07, 6.45) is 1.45. The van der Waals surface area contributed by atoms with Crippen LogP contribution in [0.25, 0.3) is 16.5 Å². The number of para-hydroxylation sites is 1. The van der Waals surface area contributed by atoms with E-state index in [1.807, 2.05) is 36.4 Å². The van der Waals surface area contributed by atoms with Gasteiger partial charge in [-0.25, -0.2) is 4.79 Å². The molecule has 0 aliphatic carbocycles. The van der Waals surface area contributed by atoms with Crippen LogP contribution in [0.4, 0.5) is 0 Å². The van der Waals surface area contributed by atoms with E-state index in [2.05, 4.69) is 5.32 Å². The highest BCUT2D eigenvalue weighted by Crippen LogP contribution is 2.35. The first kappa shape index (κ1) is 18.4. The molecular formula is C21H17NO4S. The van der Waals surface area contributed by atoms with Gasteiger partial charge in [-0.15, -0.1) is 11.3 Å². The Bertz CT molecular complexity index is 992. The SMILES string of the molecule is COc1ccccc1-c1ccc(/C=C(\NC(=O)c2ccccc2)C(=O)O)s1. The average Bonchev–Trinajstić information content (AvgIpc) is 3.16. The summed E-state index contributed by atoms with van der Waals surface area (Å²) in [5.74, 6) is -0.928. The molecule has 2 aromatic carbocycles. The Morgan fingerprint density at radius 3 is 2.41 bits per heavy atom. The van der Waals surface area contributed by atoms with Crippen molar-refractivity contribution in [1.82, 2.24) is 5.32 Å². The molecule has 6 heteroatoms. The van der Waals surface area contributed by atoms with Crippen LogP contribution in [0.15, 0.2) is 72.4 Å². The topological polar surface area (TPSA) is 75.6 Å². The van der Waals surface area contributed by atoms with Crippen LogP contribution < -0.4 is 10.1 Å². The molecule has 0 aliphatic heterocycles. The zero-order chi connectivity index (χ0) is 19.2. The maximum atomic E-state index is 12.2. The maximum absolute atomic E-state index is 12.2. The fourth-order valence-corrected chi connectivity index (χ4v) is 3.48. The number of hydrogen-bond acceptors (Lipinski definition) is 4. The van der Waals surface area contributed by atoms with Crippen molar-refractivity contribution in [2.45, 2.75) is 0 Å². The third-order valence-electron chi connectivity index (χ3n) is 3.80. The number of ether oxygens (including phenoxy) is 1. The van der Waals surface area contributed by atoms with Gasteiger partial charge < -0.3 is 15.2 Å². The van der Waals surface area contributed by atoms with Crippen molar-refractivity contribution < 1.29 is 19.4 Å². The van der Waals surface area contributed by atoms with Crippen LogP contribution in [0.2, 0.25) is 0 Å². The summed E-state index contributed by atoms with van der Waals surface area (Å²) >= 11 is 1.41. The van der Waals surface area contributed by atoms with E-state index in [0.29, 0.717) is 10.4 Å². The molecular weight excluding hydrogens is 362 g/mol. The first-order valence-corrected chi connectivity index (χ1v) is 8.95. The molecule has 136 valence electrons. The summed E-state index contributed by atoms with van der Waals surface area (Å²) < 4.78 is 5.37. The quantitative estimate of drug-likeness (QED) is 0.627. The molecule has 0 saturated carbocycles. The number of nitrogens with one attached hydrogen (secondary N) is 1. The number of hydrogen-bond donors (Lipinski definition) is 2. The molecule has 0 atom stereocenters. The van der Waals surface area contributed by atoms with Gasteiger partial charge in [0.05, 0.1) is 7.11 Å². The van der Waals surface area contributed by atoms with E-state index in [1.165, 1.54) is 17.4 Å². The third kappa shape index (κ3) is 4.43. The minimum Gasteiger partial charge on any atom is -0.496 e. The van der Waals surface area contributed by atoms with Crippen LogP contribution in [0.3, 0.4) is 0 Å². The van der Waals surface area contributed by atoms with Gasteiger partial charge in [0, 0.05) is 20.9 Å². The highest BCUT2D eigenvalue weighted by Gasteiger charge is 2.14. The minimum absolute atomic E-state index is 0.183. The molecule has 0 saturated heterocycles. The molecule has 0 spiro atoms. The number of aliphatic carboxylic acids is 1. The lowest BCUT2D eigenvalue weighted by atomic mass is 10.1. The molecule has 2 N–H and O–H groups in total. The van der Waals surface area contributed by atoms with Crippen LogP contribution in [-0.4, -0.2) is 24.1 Å². The number of carboxylic acid groups (broad SMARTS) is 1. The Morgan fingerprint density at radius 2 is 1.70 bits per heavy atom. The van der Waals surface area contributed by atoms with E-state index in [9.17, 15) is 14.7 Å². The Balaban J connectivity index is 1.86. The van der Waals surface area contributed by atoms with Crippen LogP contribution >= 0.6 is 11.3 Å². The number of methoxy groups -OCH3 is 1. The lowest BCUT2D eigenvalue weighted by Gasteiger charge is -2.06. The molecule has 0 aliphatic rings. The van der Waals surface area contributed by atoms with Crippen LogP contribution in [-0.2, 0) is 4.79 Å². The molecule has 0 fully saturated rings. The minimum atomic E-state index is -1.20. The molecule has 0 bridgehead atoms. The van der Waals surface area contributed by atoms with E-state index < -0.39 is 11.9 Å². The van der Waals surface area contributed by atoms with E-state index >= 15 is 0 Å². The summed E-state index contributed by atoms with van der Waals surface area (Å²) in [7, 11) is 1.61. The van der Waals surface area contributed by atoms with Crippen LogP contribution in [0.1, 0.15) is 15.2 Å². The van der Waals surface area contributed by atoms with Crippen molar-refractivity contribution in [1.29, 1.82) is 0 Å². The monoisotopic (exact) mass is 379 g/mol. The van der Waals surface area contributed by atoms with E-state index in [0.717, 1.165) is 16.2 Å². The van der Waals surface area contributed by atoms with Gasteiger partial charge in [-0.3, -0.25) is 4.79 Å². The Kier molecular flexibility index (Phi) is 5.68. The zero-order valence-electron chi connectivity index (χ0n) is 14.5. The Hall–Kier alpha value is -3.38. The number of amides is 1. The van der Waals surface area contributed by atoms with Crippen molar-refractivity contribution in [3.63, 3.8) is 0 Å². The number of carbonyl (C=O) groups excluding carboxylic acids is 1. The van der Waals surface area contributed by atoms with Crippen molar-refractivity contribution >= 4 is 29.3 Å². The summed E-state index contributed by atoms with van der Waals surface area (Å²) in [6, 6.07) is 19.8. The largest absolute Gasteiger partial charge is 0.496 e. The van der Waals surface area contributed by atoms with E-state index in [4.69, 9.17) is 4.74 Å².